The average molecular weight is 394 g/mol. The van der Waals surface area contributed by atoms with E-state index in [1.807, 2.05) is 6.92 Å². The minimum Gasteiger partial charge on any atom is -0.337 e. The third-order valence-corrected chi connectivity index (χ3v) is 6.60. The molecule has 0 unspecified atom stereocenters. The first-order valence-electron chi connectivity index (χ1n) is 8.36. The van der Waals surface area contributed by atoms with Crippen LogP contribution >= 0.6 is 11.6 Å². The van der Waals surface area contributed by atoms with Crippen LogP contribution in [-0.4, -0.2) is 54.7 Å². The second-order valence-corrected chi connectivity index (χ2v) is 8.50. The SMILES string of the molecule is Cc1ccc(S(=O)(=O)N2CCCN(C(=O)c3cccnc3Cl)CC2)cc1. The molecular weight excluding hydrogens is 374 g/mol. The predicted molar refractivity (Wildman–Crippen MR) is 99.7 cm³/mol. The Morgan fingerprint density at radius 1 is 1.08 bits per heavy atom. The quantitative estimate of drug-likeness (QED) is 0.751. The Balaban J connectivity index is 1.75. The fourth-order valence-electron chi connectivity index (χ4n) is 2.91. The summed E-state index contributed by atoms with van der Waals surface area (Å²) in [5, 5.41) is 0.158. The molecule has 0 saturated carbocycles. The van der Waals surface area contributed by atoms with Gasteiger partial charge in [0, 0.05) is 32.4 Å². The van der Waals surface area contributed by atoms with Crippen LogP contribution in [0.15, 0.2) is 47.5 Å². The standard InChI is InChI=1S/C18H20ClN3O3S/c1-14-5-7-15(8-6-14)26(24,25)22-11-3-10-21(12-13-22)18(23)16-4-2-9-20-17(16)19/h2,4-9H,3,10-13H2,1H3. The number of nitrogens with zero attached hydrogens (tertiary/aromatic N) is 3. The molecule has 2 heterocycles. The highest BCUT2D eigenvalue weighted by Gasteiger charge is 2.29. The van der Waals surface area contributed by atoms with E-state index in [2.05, 4.69) is 4.98 Å². The van der Waals surface area contributed by atoms with Gasteiger partial charge in [-0.25, -0.2) is 13.4 Å². The number of hydrogen-bond acceptors (Lipinski definition) is 4. The van der Waals surface area contributed by atoms with Gasteiger partial charge in [-0.05, 0) is 37.6 Å². The Kier molecular flexibility index (Phi) is 5.60. The Labute approximate surface area is 158 Å². The highest BCUT2D eigenvalue weighted by molar-refractivity contribution is 7.89. The second kappa shape index (κ2) is 7.73. The molecule has 0 radical (unpaired) electrons. The minimum atomic E-state index is -3.57. The number of pyridine rings is 1. The van der Waals surface area contributed by atoms with Crippen molar-refractivity contribution in [2.45, 2.75) is 18.2 Å². The van der Waals surface area contributed by atoms with Gasteiger partial charge in [0.1, 0.15) is 5.15 Å². The smallest absolute Gasteiger partial charge is 0.257 e. The van der Waals surface area contributed by atoms with Gasteiger partial charge in [0.2, 0.25) is 10.0 Å². The maximum absolute atomic E-state index is 12.8. The van der Waals surface area contributed by atoms with E-state index in [0.717, 1.165) is 5.56 Å². The van der Waals surface area contributed by atoms with Crippen LogP contribution in [0.4, 0.5) is 0 Å². The number of halogens is 1. The van der Waals surface area contributed by atoms with Crippen molar-refractivity contribution in [3.05, 3.63) is 58.9 Å². The van der Waals surface area contributed by atoms with Crippen molar-refractivity contribution < 1.29 is 13.2 Å². The number of hydrogen-bond donors (Lipinski definition) is 0. The molecule has 1 saturated heterocycles. The summed E-state index contributed by atoms with van der Waals surface area (Å²) in [6.07, 6.45) is 2.09. The molecule has 26 heavy (non-hydrogen) atoms. The Bertz CT molecular complexity index is 900. The number of carbonyl (C=O) groups is 1. The van der Waals surface area contributed by atoms with Crippen LogP contribution in [0.25, 0.3) is 0 Å². The van der Waals surface area contributed by atoms with E-state index in [1.54, 1.807) is 41.3 Å². The van der Waals surface area contributed by atoms with Crippen molar-refractivity contribution >= 4 is 27.5 Å². The number of sulfonamides is 1. The summed E-state index contributed by atoms with van der Waals surface area (Å²) >= 11 is 6.01. The van der Waals surface area contributed by atoms with Gasteiger partial charge in [-0.15, -0.1) is 0 Å². The molecule has 0 bridgehead atoms. The molecule has 3 rings (SSSR count). The highest BCUT2D eigenvalue weighted by atomic mass is 35.5. The van der Waals surface area contributed by atoms with E-state index in [-0.39, 0.29) is 22.5 Å². The maximum Gasteiger partial charge on any atom is 0.257 e. The van der Waals surface area contributed by atoms with Crippen LogP contribution in [0.1, 0.15) is 22.3 Å². The van der Waals surface area contributed by atoms with Crippen molar-refractivity contribution in [3.8, 4) is 0 Å². The van der Waals surface area contributed by atoms with Gasteiger partial charge in [-0.2, -0.15) is 4.31 Å². The molecular formula is C18H20ClN3O3S. The lowest BCUT2D eigenvalue weighted by molar-refractivity contribution is 0.0764. The Hall–Kier alpha value is -1.96. The number of rotatable bonds is 3. The van der Waals surface area contributed by atoms with E-state index in [4.69, 9.17) is 11.6 Å². The first-order chi connectivity index (χ1) is 12.4. The summed E-state index contributed by atoms with van der Waals surface area (Å²) in [5.41, 5.74) is 1.34. The normalized spacial score (nSPS) is 16.3. The van der Waals surface area contributed by atoms with Crippen molar-refractivity contribution in [2.24, 2.45) is 0 Å². The molecule has 0 spiro atoms. The van der Waals surface area contributed by atoms with Crippen molar-refractivity contribution in [2.75, 3.05) is 26.2 Å². The molecule has 138 valence electrons. The Morgan fingerprint density at radius 3 is 2.50 bits per heavy atom. The van der Waals surface area contributed by atoms with E-state index >= 15 is 0 Å². The molecule has 1 aromatic carbocycles. The van der Waals surface area contributed by atoms with Gasteiger partial charge in [0.25, 0.3) is 5.91 Å². The molecule has 8 heteroatoms. The first-order valence-corrected chi connectivity index (χ1v) is 10.2. The molecule has 0 atom stereocenters. The number of carbonyl (C=O) groups excluding carboxylic acids is 1. The lowest BCUT2D eigenvalue weighted by atomic mass is 10.2. The summed E-state index contributed by atoms with van der Waals surface area (Å²) in [5.74, 6) is -0.224. The molecule has 2 aromatic rings. The van der Waals surface area contributed by atoms with E-state index in [1.165, 1.54) is 10.5 Å². The van der Waals surface area contributed by atoms with Crippen LogP contribution in [0.2, 0.25) is 5.15 Å². The number of aryl methyl sites for hydroxylation is 1. The molecule has 1 fully saturated rings. The molecule has 0 N–H and O–H groups in total. The minimum absolute atomic E-state index is 0.158. The number of benzene rings is 1. The van der Waals surface area contributed by atoms with Crippen LogP contribution in [0.3, 0.4) is 0 Å². The summed E-state index contributed by atoms with van der Waals surface area (Å²) < 4.78 is 27.1. The molecule has 1 aliphatic rings. The van der Waals surface area contributed by atoms with Gasteiger partial charge >= 0.3 is 0 Å². The van der Waals surface area contributed by atoms with Crippen LogP contribution in [-0.2, 0) is 10.0 Å². The zero-order chi connectivity index (χ0) is 18.7. The third-order valence-electron chi connectivity index (χ3n) is 4.39. The first kappa shape index (κ1) is 18.8. The summed E-state index contributed by atoms with van der Waals surface area (Å²) in [7, 11) is -3.57. The Morgan fingerprint density at radius 2 is 1.81 bits per heavy atom. The van der Waals surface area contributed by atoms with Gasteiger partial charge in [-0.1, -0.05) is 29.3 Å². The van der Waals surface area contributed by atoms with Gasteiger partial charge < -0.3 is 4.90 Å². The van der Waals surface area contributed by atoms with Crippen molar-refractivity contribution in [3.63, 3.8) is 0 Å². The molecule has 1 aromatic heterocycles. The molecule has 1 aliphatic heterocycles. The summed E-state index contributed by atoms with van der Waals surface area (Å²) in [6, 6.07) is 10.1. The van der Waals surface area contributed by atoms with Crippen molar-refractivity contribution in [1.82, 2.24) is 14.2 Å². The van der Waals surface area contributed by atoms with Gasteiger partial charge in [-0.3, -0.25) is 4.79 Å². The van der Waals surface area contributed by atoms with Crippen molar-refractivity contribution in [1.29, 1.82) is 0 Å². The number of amides is 1. The predicted octanol–water partition coefficient (Wildman–Crippen LogP) is 2.58. The van der Waals surface area contributed by atoms with E-state index in [9.17, 15) is 13.2 Å². The topological polar surface area (TPSA) is 70.6 Å². The third kappa shape index (κ3) is 3.90. The van der Waals surface area contributed by atoms with Gasteiger partial charge in [0.05, 0.1) is 10.5 Å². The summed E-state index contributed by atoms with van der Waals surface area (Å²) in [6.45, 7) is 3.33. The lowest BCUT2D eigenvalue weighted by Crippen LogP contribution is -2.37. The van der Waals surface area contributed by atoms with Crippen LogP contribution < -0.4 is 0 Å². The zero-order valence-electron chi connectivity index (χ0n) is 14.4. The monoisotopic (exact) mass is 393 g/mol. The van der Waals surface area contributed by atoms with Crippen LogP contribution in [0, 0.1) is 6.92 Å². The number of aromatic nitrogens is 1. The second-order valence-electron chi connectivity index (χ2n) is 6.20. The van der Waals surface area contributed by atoms with Crippen LogP contribution in [0.5, 0.6) is 0 Å². The zero-order valence-corrected chi connectivity index (χ0v) is 16.0. The summed E-state index contributed by atoms with van der Waals surface area (Å²) in [4.78, 5) is 18.5. The average Bonchev–Trinajstić information content (AvgIpc) is 2.89. The molecule has 1 amide bonds. The molecule has 0 aliphatic carbocycles. The molecule has 6 nitrogen and oxygen atoms in total. The van der Waals surface area contributed by atoms with E-state index < -0.39 is 10.0 Å². The fraction of sp³-hybridized carbons (Fsp3) is 0.333. The lowest BCUT2D eigenvalue weighted by Gasteiger charge is -2.22. The fourth-order valence-corrected chi connectivity index (χ4v) is 4.58. The van der Waals surface area contributed by atoms with Gasteiger partial charge in [0.15, 0.2) is 0 Å². The largest absolute Gasteiger partial charge is 0.337 e. The maximum atomic E-state index is 12.8. The van der Waals surface area contributed by atoms with E-state index in [0.29, 0.717) is 31.6 Å². The highest BCUT2D eigenvalue weighted by Crippen LogP contribution is 2.20.